The Labute approximate surface area is 269 Å². The molecule has 0 aliphatic carbocycles. The van der Waals surface area contributed by atoms with E-state index < -0.39 is 42.1 Å². The first-order valence-electron chi connectivity index (χ1n) is 13.2. The van der Waals surface area contributed by atoms with E-state index in [1.807, 2.05) is 0 Å². The zero-order chi connectivity index (χ0) is 34.1. The first-order chi connectivity index (χ1) is 22.1. The van der Waals surface area contributed by atoms with Crippen LogP contribution in [0.25, 0.3) is 21.1 Å². The number of hydrogen-bond acceptors (Lipinski definition) is 8. The molecule has 0 spiro atoms. The summed E-state index contributed by atoms with van der Waals surface area (Å²) in [4.78, 5) is 30.3. The van der Waals surface area contributed by atoms with Crippen molar-refractivity contribution >= 4 is 51.6 Å². The third-order valence-electron chi connectivity index (χ3n) is 6.42. The number of nitrogens with zero attached hydrogens (tertiary/aromatic N) is 4. The Morgan fingerprint density at radius 2 is 1.64 bits per heavy atom. The number of benzene rings is 3. The van der Waals surface area contributed by atoms with Crippen molar-refractivity contribution in [1.29, 1.82) is 0 Å². The van der Waals surface area contributed by atoms with Crippen molar-refractivity contribution in [3.63, 3.8) is 0 Å². The van der Waals surface area contributed by atoms with E-state index in [0.29, 0.717) is 16.1 Å². The van der Waals surface area contributed by atoms with Crippen molar-refractivity contribution in [2.24, 2.45) is 4.99 Å². The number of rotatable bonds is 7. The molecule has 1 saturated heterocycles. The topological polar surface area (TPSA) is 106 Å². The van der Waals surface area contributed by atoms with E-state index >= 15 is 4.39 Å². The Balaban J connectivity index is 1.33. The molecular weight excluding hydrogens is 679 g/mol. The number of urea groups is 1. The average molecular weight is 700 g/mol. The molecule has 18 heteroatoms. The number of amides is 3. The van der Waals surface area contributed by atoms with Crippen LogP contribution in [0, 0.1) is 12.7 Å². The molecular formula is C29H20F7N5O4S2. The summed E-state index contributed by atoms with van der Waals surface area (Å²) < 4.78 is 102. The number of carbonyl (C=O) groups excluding carboxylic acids is 2. The molecule has 1 aliphatic heterocycles. The highest BCUT2D eigenvalue weighted by Gasteiger charge is 2.44. The van der Waals surface area contributed by atoms with Gasteiger partial charge in [0.05, 0.1) is 17.1 Å². The minimum Gasteiger partial charge on any atom is -0.406 e. The smallest absolute Gasteiger partial charge is 0.406 e. The second kappa shape index (κ2) is 13.3. The summed E-state index contributed by atoms with van der Waals surface area (Å²) >= 11 is 1.85. The molecule has 0 bridgehead atoms. The SMILES string of the molecule is COC(c1ccc(C)cc1N1C(=O)CS/C1=N\C(=O)Nc1ccc(-c2nnc(-c3ccc(OC(F)(F)F)cc3)s2)cc1F)C(F)(F)F. The molecule has 3 aromatic carbocycles. The normalized spacial score (nSPS) is 15.3. The summed E-state index contributed by atoms with van der Waals surface area (Å²) in [6.45, 7) is 1.61. The van der Waals surface area contributed by atoms with Gasteiger partial charge in [0.1, 0.15) is 21.6 Å². The molecule has 1 atom stereocenters. The number of hydrogen-bond donors (Lipinski definition) is 1. The van der Waals surface area contributed by atoms with Crippen LogP contribution in [0.4, 0.5) is 46.9 Å². The molecule has 2 heterocycles. The van der Waals surface area contributed by atoms with Crippen molar-refractivity contribution in [2.45, 2.75) is 25.6 Å². The number of nitrogens with one attached hydrogen (secondary N) is 1. The number of anilines is 2. The molecule has 246 valence electrons. The van der Waals surface area contributed by atoms with Crippen LogP contribution >= 0.6 is 23.1 Å². The van der Waals surface area contributed by atoms with E-state index in [-0.39, 0.29) is 38.4 Å². The van der Waals surface area contributed by atoms with Gasteiger partial charge in [0.2, 0.25) is 5.91 Å². The number of halogens is 7. The summed E-state index contributed by atoms with van der Waals surface area (Å²) in [5.74, 6) is -2.13. The Hall–Kier alpha value is -4.55. The van der Waals surface area contributed by atoms with Gasteiger partial charge in [0.25, 0.3) is 0 Å². The van der Waals surface area contributed by atoms with Gasteiger partial charge in [-0.1, -0.05) is 35.2 Å². The quantitative estimate of drug-likeness (QED) is 0.194. The van der Waals surface area contributed by atoms with Crippen LogP contribution in [0.2, 0.25) is 0 Å². The minimum atomic E-state index is -4.84. The maximum absolute atomic E-state index is 15.1. The van der Waals surface area contributed by atoms with Gasteiger partial charge in [0.15, 0.2) is 11.3 Å². The van der Waals surface area contributed by atoms with Gasteiger partial charge in [-0.15, -0.1) is 23.4 Å². The molecule has 5 rings (SSSR count). The molecule has 3 amide bonds. The van der Waals surface area contributed by atoms with E-state index in [4.69, 9.17) is 4.74 Å². The number of alkyl halides is 6. The van der Waals surface area contributed by atoms with Crippen molar-refractivity contribution in [3.8, 4) is 26.9 Å². The zero-order valence-corrected chi connectivity index (χ0v) is 25.6. The van der Waals surface area contributed by atoms with Gasteiger partial charge in [-0.2, -0.15) is 18.2 Å². The number of aromatic nitrogens is 2. The van der Waals surface area contributed by atoms with Gasteiger partial charge < -0.3 is 14.8 Å². The number of carbonyl (C=O) groups is 2. The lowest BCUT2D eigenvalue weighted by atomic mass is 10.0. The summed E-state index contributed by atoms with van der Waals surface area (Å²) in [5, 5.41) is 10.6. The number of amidine groups is 1. The van der Waals surface area contributed by atoms with Crippen molar-refractivity contribution in [3.05, 3.63) is 77.6 Å². The molecule has 1 N–H and O–H groups in total. The molecule has 0 saturated carbocycles. The maximum atomic E-state index is 15.1. The molecule has 9 nitrogen and oxygen atoms in total. The molecule has 0 radical (unpaired) electrons. The Morgan fingerprint density at radius 3 is 2.26 bits per heavy atom. The molecule has 1 fully saturated rings. The minimum absolute atomic E-state index is 0.159. The van der Waals surface area contributed by atoms with Crippen molar-refractivity contribution in [2.75, 3.05) is 23.1 Å². The summed E-state index contributed by atoms with van der Waals surface area (Å²) in [7, 11) is 0.882. The standard InChI is InChI=1S/C29H20F7N5O4S2/c1-14-3-9-18(23(44-2)28(31,32)33)21(11-14)41-22(42)13-46-27(41)38-26(43)37-20-10-6-16(12-19(20)30)25-40-39-24(47-25)15-4-7-17(8-5-15)45-29(34,35)36/h3-12,23H,13H2,1-2H3,(H,37,43)/b38-27-. The van der Waals surface area contributed by atoms with Gasteiger partial charge in [-0.05, 0) is 61.0 Å². The van der Waals surface area contributed by atoms with Crippen molar-refractivity contribution in [1.82, 2.24) is 10.2 Å². The first kappa shape index (κ1) is 33.8. The Morgan fingerprint density at radius 1 is 0.979 bits per heavy atom. The van der Waals surface area contributed by atoms with Gasteiger partial charge in [-0.3, -0.25) is 9.69 Å². The second-order valence-corrected chi connectivity index (χ2v) is 11.7. The fraction of sp³-hybridized carbons (Fsp3) is 0.207. The molecule has 4 aromatic rings. The lowest BCUT2D eigenvalue weighted by molar-refractivity contribution is -0.274. The highest BCUT2D eigenvalue weighted by Crippen LogP contribution is 2.42. The molecule has 47 heavy (non-hydrogen) atoms. The third kappa shape index (κ3) is 7.88. The van der Waals surface area contributed by atoms with Crippen molar-refractivity contribution < 1.29 is 49.8 Å². The average Bonchev–Trinajstić information content (AvgIpc) is 3.61. The van der Waals surface area contributed by atoms with Crippen LogP contribution < -0.4 is 15.0 Å². The third-order valence-corrected chi connectivity index (χ3v) is 8.37. The largest absolute Gasteiger partial charge is 0.573 e. The fourth-order valence-corrected chi connectivity index (χ4v) is 6.13. The van der Waals surface area contributed by atoms with Crippen LogP contribution in [-0.2, 0) is 9.53 Å². The Kier molecular flexibility index (Phi) is 9.55. The maximum Gasteiger partial charge on any atom is 0.573 e. The van der Waals surface area contributed by atoms with E-state index in [9.17, 15) is 35.9 Å². The monoisotopic (exact) mass is 699 g/mol. The van der Waals surface area contributed by atoms with E-state index in [1.54, 1.807) is 6.92 Å². The second-order valence-electron chi connectivity index (χ2n) is 9.74. The summed E-state index contributed by atoms with van der Waals surface area (Å²) in [6.07, 6.45) is -12.0. The number of aryl methyl sites for hydroxylation is 1. The van der Waals surface area contributed by atoms with Gasteiger partial charge >= 0.3 is 18.6 Å². The van der Waals surface area contributed by atoms with Gasteiger partial charge in [0, 0.05) is 23.8 Å². The van der Waals surface area contributed by atoms with Crippen LogP contribution in [0.15, 0.2) is 65.7 Å². The molecule has 1 aromatic heterocycles. The van der Waals surface area contributed by atoms with E-state index in [2.05, 4.69) is 25.2 Å². The number of thioether (sulfide) groups is 1. The summed E-state index contributed by atoms with van der Waals surface area (Å²) in [5.41, 5.74) is 0.448. The predicted molar refractivity (Wildman–Crippen MR) is 161 cm³/mol. The zero-order valence-electron chi connectivity index (χ0n) is 23.9. The molecule has 1 unspecified atom stereocenters. The highest BCUT2D eigenvalue weighted by atomic mass is 32.2. The van der Waals surface area contributed by atoms with E-state index in [1.165, 1.54) is 42.5 Å². The first-order valence-corrected chi connectivity index (χ1v) is 15.0. The highest BCUT2D eigenvalue weighted by molar-refractivity contribution is 8.15. The van der Waals surface area contributed by atoms with Crippen LogP contribution in [0.3, 0.4) is 0 Å². The fourth-order valence-electron chi connectivity index (χ4n) is 4.42. The molecule has 1 aliphatic rings. The van der Waals surface area contributed by atoms with E-state index in [0.717, 1.165) is 53.3 Å². The van der Waals surface area contributed by atoms with Crippen LogP contribution in [-0.4, -0.2) is 52.7 Å². The lowest BCUT2D eigenvalue weighted by Crippen LogP contribution is -2.33. The van der Waals surface area contributed by atoms with Crippen LogP contribution in [0.1, 0.15) is 17.2 Å². The van der Waals surface area contributed by atoms with Crippen LogP contribution in [0.5, 0.6) is 5.75 Å². The number of ether oxygens (including phenoxy) is 2. The lowest BCUT2D eigenvalue weighted by Gasteiger charge is -2.26. The summed E-state index contributed by atoms with van der Waals surface area (Å²) in [6, 6.07) is 11.5. The number of aliphatic imine (C=N–C) groups is 1. The number of methoxy groups -OCH3 is 1. The predicted octanol–water partition coefficient (Wildman–Crippen LogP) is 8.14. The van der Waals surface area contributed by atoms with Gasteiger partial charge in [-0.25, -0.2) is 9.18 Å². The Bertz CT molecular complexity index is 1850.